The summed E-state index contributed by atoms with van der Waals surface area (Å²) in [5.74, 6) is 0.713. The van der Waals surface area contributed by atoms with E-state index < -0.39 is 0 Å². The van der Waals surface area contributed by atoms with Gasteiger partial charge < -0.3 is 10.5 Å². The first-order valence-electron chi connectivity index (χ1n) is 6.78. The minimum Gasteiger partial charge on any atom is -0.494 e. The second kappa shape index (κ2) is 5.56. The van der Waals surface area contributed by atoms with Crippen LogP contribution in [0.3, 0.4) is 0 Å². The number of aliphatic imine (C=N–C) groups is 1. The van der Waals surface area contributed by atoms with Gasteiger partial charge in [0.15, 0.2) is 5.78 Å². The number of benzene rings is 1. The lowest BCUT2D eigenvalue weighted by atomic mass is 9.97. The molecule has 0 heterocycles. The van der Waals surface area contributed by atoms with Crippen molar-refractivity contribution in [2.24, 2.45) is 4.99 Å². The summed E-state index contributed by atoms with van der Waals surface area (Å²) in [7, 11) is 1.60. The van der Waals surface area contributed by atoms with Crippen LogP contribution in [0.5, 0.6) is 5.75 Å². The summed E-state index contributed by atoms with van der Waals surface area (Å²) >= 11 is 0. The number of carbonyl (C=O) groups is 1. The lowest BCUT2D eigenvalue weighted by molar-refractivity contribution is -0.112. The van der Waals surface area contributed by atoms with E-state index in [2.05, 4.69) is 4.99 Å². The van der Waals surface area contributed by atoms with Crippen LogP contribution in [0.15, 0.2) is 34.4 Å². The molecule has 1 aromatic rings. The molecule has 2 rings (SSSR count). The molecule has 0 fully saturated rings. The molecule has 4 nitrogen and oxygen atoms in total. The predicted molar refractivity (Wildman–Crippen MR) is 86.5 cm³/mol. The molecule has 0 amide bonds. The zero-order valence-corrected chi connectivity index (χ0v) is 13.1. The zero-order valence-electron chi connectivity index (χ0n) is 13.1. The molecule has 1 aromatic carbocycles. The van der Waals surface area contributed by atoms with Gasteiger partial charge in [-0.05, 0) is 62.6 Å². The first-order valence-corrected chi connectivity index (χ1v) is 6.78. The Bertz CT molecular complexity index is 686. The number of aryl methyl sites for hydroxylation is 1. The van der Waals surface area contributed by atoms with Crippen molar-refractivity contribution in [3.05, 3.63) is 40.5 Å². The third-order valence-corrected chi connectivity index (χ3v) is 3.59. The number of nitrogen functional groups attached to an aromatic ring is 1. The van der Waals surface area contributed by atoms with E-state index in [0.717, 1.165) is 22.5 Å². The van der Waals surface area contributed by atoms with E-state index >= 15 is 0 Å². The van der Waals surface area contributed by atoms with Crippen molar-refractivity contribution in [1.82, 2.24) is 0 Å². The molecule has 0 aliphatic heterocycles. The van der Waals surface area contributed by atoms with Gasteiger partial charge in [0.1, 0.15) is 5.75 Å². The maximum absolute atomic E-state index is 11.8. The Morgan fingerprint density at radius 3 is 2.19 bits per heavy atom. The number of rotatable bonds is 2. The normalized spacial score (nSPS) is 14.7. The molecule has 0 atom stereocenters. The minimum absolute atomic E-state index is 0.0669. The van der Waals surface area contributed by atoms with Crippen molar-refractivity contribution in [2.75, 3.05) is 12.8 Å². The van der Waals surface area contributed by atoms with Crippen LogP contribution in [0.1, 0.15) is 25.0 Å². The first kappa shape index (κ1) is 15.0. The van der Waals surface area contributed by atoms with Crippen molar-refractivity contribution in [1.29, 1.82) is 0 Å². The van der Waals surface area contributed by atoms with Crippen molar-refractivity contribution in [3.8, 4) is 5.75 Å². The topological polar surface area (TPSA) is 64.7 Å². The molecule has 0 unspecified atom stereocenters. The standard InChI is InChI=1S/C17H20N2O2/c1-9-8-14(18)17(21-5)12(4)15(9)19-13-6-10(2)16(20)11(3)7-13/h6-8H,18H2,1-5H3. The third kappa shape index (κ3) is 2.75. The van der Waals surface area contributed by atoms with Gasteiger partial charge in [0.05, 0.1) is 24.2 Å². The number of carbonyl (C=O) groups excluding carboxylic acids is 1. The largest absolute Gasteiger partial charge is 0.494 e. The average molecular weight is 284 g/mol. The maximum Gasteiger partial charge on any atom is 0.184 e. The summed E-state index contributed by atoms with van der Waals surface area (Å²) in [4.78, 5) is 16.5. The number of anilines is 1. The van der Waals surface area contributed by atoms with Gasteiger partial charge in [0, 0.05) is 5.56 Å². The molecule has 0 spiro atoms. The van der Waals surface area contributed by atoms with Gasteiger partial charge in [0.25, 0.3) is 0 Å². The molecule has 1 aliphatic carbocycles. The van der Waals surface area contributed by atoms with Gasteiger partial charge in [-0.2, -0.15) is 0 Å². The van der Waals surface area contributed by atoms with Gasteiger partial charge in [-0.1, -0.05) is 0 Å². The molecule has 0 bridgehead atoms. The second-order valence-electron chi connectivity index (χ2n) is 5.31. The van der Waals surface area contributed by atoms with E-state index in [0.29, 0.717) is 22.6 Å². The SMILES string of the molecule is COc1c(N)cc(C)c(N=C2C=C(C)C(=O)C(C)=C2)c1C. The number of hydrogen-bond acceptors (Lipinski definition) is 4. The number of ether oxygens (including phenoxy) is 1. The van der Waals surface area contributed by atoms with Gasteiger partial charge in [0.2, 0.25) is 0 Å². The Morgan fingerprint density at radius 2 is 1.67 bits per heavy atom. The van der Waals surface area contributed by atoms with E-state index in [-0.39, 0.29) is 5.78 Å². The van der Waals surface area contributed by atoms with Gasteiger partial charge in [-0.25, -0.2) is 4.99 Å². The van der Waals surface area contributed by atoms with Crippen molar-refractivity contribution in [3.63, 3.8) is 0 Å². The Hall–Kier alpha value is -2.36. The van der Waals surface area contributed by atoms with Gasteiger partial charge in [-0.15, -0.1) is 0 Å². The second-order valence-corrected chi connectivity index (χ2v) is 5.31. The quantitative estimate of drug-likeness (QED) is 0.668. The van der Waals surface area contributed by atoms with Gasteiger partial charge >= 0.3 is 0 Å². The number of allylic oxidation sites excluding steroid dienone is 4. The summed E-state index contributed by atoms with van der Waals surface area (Å²) in [6.45, 7) is 7.50. The lowest BCUT2D eigenvalue weighted by Gasteiger charge is -2.14. The van der Waals surface area contributed by atoms with Crippen molar-refractivity contribution >= 4 is 22.9 Å². The van der Waals surface area contributed by atoms with Crippen LogP contribution in [0.4, 0.5) is 11.4 Å². The average Bonchev–Trinajstić information content (AvgIpc) is 2.41. The van der Waals surface area contributed by atoms with E-state index in [9.17, 15) is 4.79 Å². The van der Waals surface area contributed by atoms with Gasteiger partial charge in [-0.3, -0.25) is 4.79 Å². The number of Topliss-reactive ketones (excluding diaryl/α,β-unsaturated/α-hetero) is 1. The molecule has 0 saturated carbocycles. The predicted octanol–water partition coefficient (Wildman–Crippen LogP) is 3.44. The molecule has 21 heavy (non-hydrogen) atoms. The maximum atomic E-state index is 11.8. The minimum atomic E-state index is 0.0669. The molecule has 110 valence electrons. The van der Waals surface area contributed by atoms with Crippen LogP contribution in [0.25, 0.3) is 0 Å². The molecular weight excluding hydrogens is 264 g/mol. The molecule has 0 saturated heterocycles. The first-order chi connectivity index (χ1) is 9.85. The van der Waals surface area contributed by atoms with Crippen LogP contribution in [0.2, 0.25) is 0 Å². The van der Waals surface area contributed by atoms with E-state index in [1.54, 1.807) is 33.1 Å². The smallest absolute Gasteiger partial charge is 0.184 e. The zero-order chi connectivity index (χ0) is 15.7. The summed E-state index contributed by atoms with van der Waals surface area (Å²) in [6, 6.07) is 1.85. The van der Waals surface area contributed by atoms with Crippen molar-refractivity contribution < 1.29 is 9.53 Å². The Balaban J connectivity index is 2.59. The number of hydrogen-bond donors (Lipinski definition) is 1. The highest BCUT2D eigenvalue weighted by atomic mass is 16.5. The van der Waals surface area contributed by atoms with Crippen LogP contribution in [-0.4, -0.2) is 18.6 Å². The summed E-state index contributed by atoms with van der Waals surface area (Å²) in [5, 5.41) is 0. The van der Waals surface area contributed by atoms with Crippen LogP contribution >= 0.6 is 0 Å². The van der Waals surface area contributed by atoms with Crippen molar-refractivity contribution in [2.45, 2.75) is 27.7 Å². The van der Waals surface area contributed by atoms with Crippen LogP contribution in [-0.2, 0) is 4.79 Å². The molecule has 2 N–H and O–H groups in total. The molecular formula is C17H20N2O2. The highest BCUT2D eigenvalue weighted by Crippen LogP contribution is 2.36. The summed E-state index contributed by atoms with van der Waals surface area (Å²) < 4.78 is 5.34. The fourth-order valence-electron chi connectivity index (χ4n) is 2.55. The highest BCUT2D eigenvalue weighted by molar-refractivity contribution is 6.21. The molecule has 0 aromatic heterocycles. The third-order valence-electron chi connectivity index (χ3n) is 3.59. The monoisotopic (exact) mass is 284 g/mol. The van der Waals surface area contributed by atoms with E-state index in [4.69, 9.17) is 10.5 Å². The number of ketones is 1. The van der Waals surface area contributed by atoms with Crippen LogP contribution < -0.4 is 10.5 Å². The summed E-state index contributed by atoms with van der Waals surface area (Å²) in [5.41, 5.74) is 11.4. The lowest BCUT2D eigenvalue weighted by Crippen LogP contribution is -2.10. The highest BCUT2D eigenvalue weighted by Gasteiger charge is 2.16. The van der Waals surface area contributed by atoms with E-state index in [1.165, 1.54) is 0 Å². The molecule has 4 heteroatoms. The van der Waals surface area contributed by atoms with E-state index in [1.807, 2.05) is 19.9 Å². The Morgan fingerprint density at radius 1 is 1.10 bits per heavy atom. The number of nitrogens with zero attached hydrogens (tertiary/aromatic N) is 1. The Kier molecular flexibility index (Phi) is 3.98. The van der Waals surface area contributed by atoms with Crippen LogP contribution in [0, 0.1) is 13.8 Å². The molecule has 0 radical (unpaired) electrons. The summed E-state index contributed by atoms with van der Waals surface area (Å²) in [6.07, 6.45) is 3.61. The number of nitrogens with two attached hydrogens (primary N) is 1. The Labute approximate surface area is 125 Å². The molecule has 1 aliphatic rings. The fourth-order valence-corrected chi connectivity index (χ4v) is 2.55. The fraction of sp³-hybridized carbons (Fsp3) is 0.294. The number of methoxy groups -OCH3 is 1.